The van der Waals surface area contributed by atoms with E-state index in [1.165, 1.54) is 0 Å². The molecule has 2 bridgehead atoms. The van der Waals surface area contributed by atoms with Crippen molar-refractivity contribution in [3.05, 3.63) is 0 Å². The van der Waals surface area contributed by atoms with Crippen LogP contribution in [-0.2, 0) is 9.59 Å². The van der Waals surface area contributed by atoms with Gasteiger partial charge in [0.2, 0.25) is 0 Å². The number of aldehydes is 1. The molecule has 0 aromatic rings. The van der Waals surface area contributed by atoms with Crippen molar-refractivity contribution in [3.63, 3.8) is 0 Å². The van der Waals surface area contributed by atoms with Crippen molar-refractivity contribution in [3.8, 4) is 0 Å². The molecule has 0 spiro atoms. The van der Waals surface area contributed by atoms with Crippen molar-refractivity contribution in [1.29, 1.82) is 0 Å². The maximum Gasteiger partial charge on any atom is 0.149 e. The summed E-state index contributed by atoms with van der Waals surface area (Å²) in [6.45, 7) is 1.82. The fourth-order valence-corrected chi connectivity index (χ4v) is 2.77. The number of hydrogen-bond acceptors (Lipinski definition) is 2. The Morgan fingerprint density at radius 1 is 1.50 bits per heavy atom. The number of ketones is 1. The smallest absolute Gasteiger partial charge is 0.149 e. The molecular formula is C10H14O2. The summed E-state index contributed by atoms with van der Waals surface area (Å²) in [5, 5.41) is 0. The topological polar surface area (TPSA) is 34.1 Å². The number of rotatable bonds is 1. The predicted octanol–water partition coefficient (Wildman–Crippen LogP) is 1.58. The summed E-state index contributed by atoms with van der Waals surface area (Å²) >= 11 is 0. The highest BCUT2D eigenvalue weighted by molar-refractivity contribution is 6.01. The zero-order chi connectivity index (χ0) is 8.77. The third kappa shape index (κ3) is 0.809. The first kappa shape index (κ1) is 7.96. The van der Waals surface area contributed by atoms with E-state index in [0.717, 1.165) is 32.0 Å². The average Bonchev–Trinajstić information content (AvgIpc) is 2.29. The Hall–Kier alpha value is -0.660. The molecule has 3 unspecified atom stereocenters. The van der Waals surface area contributed by atoms with E-state index in [2.05, 4.69) is 0 Å². The molecule has 0 aromatic carbocycles. The maximum atomic E-state index is 11.7. The Bertz CT molecular complexity index is 234. The van der Waals surface area contributed by atoms with Crippen LogP contribution in [0.2, 0.25) is 0 Å². The van der Waals surface area contributed by atoms with E-state index in [-0.39, 0.29) is 11.7 Å². The van der Waals surface area contributed by atoms with Crippen LogP contribution < -0.4 is 0 Å². The van der Waals surface area contributed by atoms with Gasteiger partial charge in [-0.3, -0.25) is 4.79 Å². The van der Waals surface area contributed by atoms with Crippen LogP contribution in [0.15, 0.2) is 0 Å². The summed E-state index contributed by atoms with van der Waals surface area (Å²) in [6, 6.07) is 0. The molecule has 12 heavy (non-hydrogen) atoms. The first-order valence-electron chi connectivity index (χ1n) is 4.69. The first-order valence-corrected chi connectivity index (χ1v) is 4.69. The molecule has 0 radical (unpaired) electrons. The summed E-state index contributed by atoms with van der Waals surface area (Å²) in [6.07, 6.45) is 5.06. The van der Waals surface area contributed by atoms with Crippen LogP contribution in [0.25, 0.3) is 0 Å². The predicted molar refractivity (Wildman–Crippen MR) is 44.6 cm³/mol. The number of Topliss-reactive ketones (excluding diaryl/α,β-unsaturated/α-hetero) is 1. The molecule has 0 saturated heterocycles. The van der Waals surface area contributed by atoms with Crippen molar-refractivity contribution in [1.82, 2.24) is 0 Å². The van der Waals surface area contributed by atoms with E-state index >= 15 is 0 Å². The molecule has 2 heteroatoms. The van der Waals surface area contributed by atoms with Gasteiger partial charge in [0, 0.05) is 5.92 Å². The second kappa shape index (κ2) is 2.41. The lowest BCUT2D eigenvalue weighted by atomic mass is 9.78. The Morgan fingerprint density at radius 2 is 2.25 bits per heavy atom. The number of fused-ring (bicyclic) bond motifs is 2. The van der Waals surface area contributed by atoms with Crippen LogP contribution in [-0.4, -0.2) is 12.1 Å². The zero-order valence-electron chi connectivity index (χ0n) is 7.38. The quantitative estimate of drug-likeness (QED) is 0.438. The summed E-state index contributed by atoms with van der Waals surface area (Å²) in [5.74, 6) is 0.764. The van der Waals surface area contributed by atoms with Crippen LogP contribution in [0, 0.1) is 17.3 Å². The van der Waals surface area contributed by atoms with E-state index in [1.807, 2.05) is 6.92 Å². The van der Waals surface area contributed by atoms with Gasteiger partial charge >= 0.3 is 0 Å². The van der Waals surface area contributed by atoms with Crippen molar-refractivity contribution in [2.45, 2.75) is 32.6 Å². The lowest BCUT2D eigenvalue weighted by Gasteiger charge is -2.23. The van der Waals surface area contributed by atoms with Gasteiger partial charge in [-0.2, -0.15) is 0 Å². The van der Waals surface area contributed by atoms with Crippen LogP contribution in [0.1, 0.15) is 32.6 Å². The number of carbonyl (C=O) groups is 2. The van der Waals surface area contributed by atoms with Gasteiger partial charge in [-0.15, -0.1) is 0 Å². The number of carbonyl (C=O) groups excluding carboxylic acids is 2. The molecule has 2 saturated carbocycles. The summed E-state index contributed by atoms with van der Waals surface area (Å²) in [7, 11) is 0. The molecule has 2 rings (SSSR count). The minimum absolute atomic E-state index is 0.207. The fraction of sp³-hybridized carbons (Fsp3) is 0.800. The van der Waals surface area contributed by atoms with Gasteiger partial charge in [0.25, 0.3) is 0 Å². The molecule has 2 aliphatic carbocycles. The summed E-state index contributed by atoms with van der Waals surface area (Å²) in [4.78, 5) is 22.6. The van der Waals surface area contributed by atoms with Gasteiger partial charge in [0.1, 0.15) is 12.1 Å². The van der Waals surface area contributed by atoms with Crippen LogP contribution in [0.4, 0.5) is 0 Å². The van der Waals surface area contributed by atoms with Crippen molar-refractivity contribution >= 4 is 12.1 Å². The van der Waals surface area contributed by atoms with E-state index in [1.54, 1.807) is 0 Å². The van der Waals surface area contributed by atoms with Gasteiger partial charge in [-0.1, -0.05) is 6.42 Å². The monoisotopic (exact) mass is 166 g/mol. The Kier molecular flexibility index (Phi) is 1.60. The minimum Gasteiger partial charge on any atom is -0.302 e. The molecule has 2 fully saturated rings. The van der Waals surface area contributed by atoms with Crippen molar-refractivity contribution in [2.75, 3.05) is 0 Å². The molecule has 0 amide bonds. The second-order valence-electron chi connectivity index (χ2n) is 4.33. The molecule has 3 atom stereocenters. The zero-order valence-corrected chi connectivity index (χ0v) is 7.38. The maximum absolute atomic E-state index is 11.7. The highest BCUT2D eigenvalue weighted by Crippen LogP contribution is 2.49. The fourth-order valence-electron chi connectivity index (χ4n) is 2.77. The van der Waals surface area contributed by atoms with Crippen LogP contribution in [0.3, 0.4) is 0 Å². The summed E-state index contributed by atoms with van der Waals surface area (Å²) < 4.78 is 0. The van der Waals surface area contributed by atoms with Crippen LogP contribution >= 0.6 is 0 Å². The molecule has 0 heterocycles. The average molecular weight is 166 g/mol. The van der Waals surface area contributed by atoms with Gasteiger partial charge in [0.15, 0.2) is 0 Å². The SMILES string of the molecule is CC1(C=O)C(=O)C2CCCC1C2. The summed E-state index contributed by atoms with van der Waals surface area (Å²) in [5.41, 5.74) is -0.624. The molecule has 0 aromatic heterocycles. The Labute approximate surface area is 72.3 Å². The molecular weight excluding hydrogens is 152 g/mol. The largest absolute Gasteiger partial charge is 0.302 e. The molecule has 0 N–H and O–H groups in total. The van der Waals surface area contributed by atoms with Gasteiger partial charge in [-0.05, 0) is 32.1 Å². The third-order valence-corrected chi connectivity index (χ3v) is 3.67. The van der Waals surface area contributed by atoms with Gasteiger partial charge in [0.05, 0.1) is 5.41 Å². The molecule has 66 valence electrons. The first-order chi connectivity index (χ1) is 5.68. The van der Waals surface area contributed by atoms with Gasteiger partial charge < -0.3 is 4.79 Å². The second-order valence-corrected chi connectivity index (χ2v) is 4.33. The van der Waals surface area contributed by atoms with Crippen molar-refractivity contribution < 1.29 is 9.59 Å². The molecule has 2 aliphatic rings. The van der Waals surface area contributed by atoms with Crippen LogP contribution in [0.5, 0.6) is 0 Å². The Morgan fingerprint density at radius 3 is 2.83 bits per heavy atom. The van der Waals surface area contributed by atoms with Gasteiger partial charge in [-0.25, -0.2) is 0 Å². The molecule has 0 aliphatic heterocycles. The normalized spacial score (nSPS) is 46.2. The number of hydrogen-bond donors (Lipinski definition) is 0. The highest BCUT2D eigenvalue weighted by atomic mass is 16.1. The van der Waals surface area contributed by atoms with E-state index in [0.29, 0.717) is 5.92 Å². The van der Waals surface area contributed by atoms with E-state index in [9.17, 15) is 9.59 Å². The lowest BCUT2D eigenvalue weighted by molar-refractivity contribution is -0.134. The third-order valence-electron chi connectivity index (χ3n) is 3.67. The van der Waals surface area contributed by atoms with E-state index < -0.39 is 5.41 Å². The van der Waals surface area contributed by atoms with E-state index in [4.69, 9.17) is 0 Å². The Balaban J connectivity index is 2.35. The lowest BCUT2D eigenvalue weighted by Crippen LogP contribution is -2.30. The highest BCUT2D eigenvalue weighted by Gasteiger charge is 2.52. The standard InChI is InChI=1S/C10H14O2/c1-10(6-11)8-4-2-3-7(5-8)9(10)12/h6-8H,2-5H2,1H3. The minimum atomic E-state index is -0.624. The molecule has 2 nitrogen and oxygen atoms in total. The van der Waals surface area contributed by atoms with Crippen molar-refractivity contribution in [2.24, 2.45) is 17.3 Å².